The Morgan fingerprint density at radius 2 is 2.00 bits per heavy atom. The van der Waals surface area contributed by atoms with Crippen LogP contribution in [0.1, 0.15) is 19.8 Å². The average Bonchev–Trinajstić information content (AvgIpc) is 2.95. The van der Waals surface area contributed by atoms with Crippen LogP contribution < -0.4 is 5.32 Å². The highest BCUT2D eigenvalue weighted by Crippen LogP contribution is 2.22. The Hall–Kier alpha value is -3.30. The molecule has 34 heavy (non-hydrogen) atoms. The smallest absolute Gasteiger partial charge is 0.302 e. The molecular weight excluding hydrogens is 470 g/mol. The summed E-state index contributed by atoms with van der Waals surface area (Å²) >= 11 is 5.76. The number of carbonyl (C=O) groups excluding carboxylic acids is 3. The molecule has 0 saturated carbocycles. The molecule has 2 rings (SSSR count). The second kappa shape index (κ2) is 14.8. The summed E-state index contributed by atoms with van der Waals surface area (Å²) in [7, 11) is 0. The first-order chi connectivity index (χ1) is 16.2. The van der Waals surface area contributed by atoms with E-state index < -0.39 is 29.8 Å². The number of ether oxygens (including phenoxy) is 1. The van der Waals surface area contributed by atoms with Crippen molar-refractivity contribution >= 4 is 36.3 Å². The standard InChI is InChI=1S/C23H25ClF2N2O4.CH2O/c1-15(27-19-5-8-23(26)22(24)11-19)17(9-10-29)3-4-18(25)12-28-13-20(31)6-7-21(14-28)32-16(2)30;1-2/h3-5,8-12,20-21,27,31H,1,6-7,13-14H2,2H3;1H2/b4-3-,17-9+,18-12-;/t20-,21+;/m0./s1. The zero-order valence-corrected chi connectivity index (χ0v) is 19.4. The van der Waals surface area contributed by atoms with Gasteiger partial charge in [0.05, 0.1) is 17.7 Å². The number of hydrogen-bond acceptors (Lipinski definition) is 7. The molecular formula is C24H27ClF2N2O5. The van der Waals surface area contributed by atoms with Crippen LogP contribution >= 0.6 is 11.6 Å². The minimum Gasteiger partial charge on any atom is -0.461 e. The summed E-state index contributed by atoms with van der Waals surface area (Å²) in [6.07, 6.45) is 5.19. The number of rotatable bonds is 8. The molecule has 1 aliphatic heterocycles. The van der Waals surface area contributed by atoms with Crippen LogP contribution in [0, 0.1) is 5.82 Å². The lowest BCUT2D eigenvalue weighted by atomic mass is 10.1. The predicted molar refractivity (Wildman–Crippen MR) is 126 cm³/mol. The summed E-state index contributed by atoms with van der Waals surface area (Å²) in [6.45, 7) is 7.55. The second-order valence-corrected chi connectivity index (χ2v) is 7.66. The predicted octanol–water partition coefficient (Wildman–Crippen LogP) is 4.10. The van der Waals surface area contributed by atoms with Gasteiger partial charge in [-0.05, 0) is 49.3 Å². The first kappa shape index (κ1) is 28.7. The maximum atomic E-state index is 14.5. The number of likely N-dealkylation sites (tertiary alicyclic amines) is 1. The Balaban J connectivity index is 0.00000281. The fraction of sp³-hybridized carbons (Fsp3) is 0.292. The van der Waals surface area contributed by atoms with E-state index in [-0.39, 0.29) is 29.4 Å². The highest BCUT2D eigenvalue weighted by atomic mass is 35.5. The molecule has 0 amide bonds. The number of nitrogens with zero attached hydrogens (tertiary/aromatic N) is 1. The van der Waals surface area contributed by atoms with Crippen molar-refractivity contribution in [3.8, 4) is 0 Å². The first-order valence-electron chi connectivity index (χ1n) is 10.2. The molecule has 0 bridgehead atoms. The number of aliphatic hydroxyl groups excluding tert-OH is 1. The summed E-state index contributed by atoms with van der Waals surface area (Å²) in [4.78, 5) is 31.8. The zero-order valence-electron chi connectivity index (χ0n) is 18.7. The van der Waals surface area contributed by atoms with Gasteiger partial charge in [-0.25, -0.2) is 8.78 Å². The monoisotopic (exact) mass is 496 g/mol. The molecule has 0 aliphatic carbocycles. The third-order valence-corrected chi connectivity index (χ3v) is 4.87. The molecule has 0 unspecified atom stereocenters. The highest BCUT2D eigenvalue weighted by Gasteiger charge is 2.23. The quantitative estimate of drug-likeness (QED) is 0.242. The number of esters is 1. The molecule has 1 saturated heterocycles. The van der Waals surface area contributed by atoms with Gasteiger partial charge in [-0.2, -0.15) is 0 Å². The number of halogens is 3. The molecule has 1 aliphatic rings. The SMILES string of the molecule is C=C(Nc1ccc(F)c(Cl)c1)C(/C=C\C(F)=C\N1C[C@@H](O)CC[C@@H](OC(C)=O)C1)=C/C=O.C=O. The topological polar surface area (TPSA) is 95.9 Å². The van der Waals surface area contributed by atoms with E-state index in [1.165, 1.54) is 43.5 Å². The van der Waals surface area contributed by atoms with Crippen LogP contribution in [0.3, 0.4) is 0 Å². The van der Waals surface area contributed by atoms with E-state index in [1.807, 2.05) is 6.79 Å². The van der Waals surface area contributed by atoms with Crippen molar-refractivity contribution < 1.29 is 33.0 Å². The van der Waals surface area contributed by atoms with Gasteiger partial charge in [0.2, 0.25) is 0 Å². The summed E-state index contributed by atoms with van der Waals surface area (Å²) in [5.74, 6) is -1.66. The Labute approximate surface area is 202 Å². The van der Waals surface area contributed by atoms with Crippen LogP contribution in [0.2, 0.25) is 5.02 Å². The lowest BCUT2D eigenvalue weighted by Gasteiger charge is -2.23. The van der Waals surface area contributed by atoms with Crippen LogP contribution in [0.4, 0.5) is 14.5 Å². The molecule has 0 aromatic heterocycles. The minimum absolute atomic E-state index is 0.0834. The van der Waals surface area contributed by atoms with Gasteiger partial charge in [0.15, 0.2) is 0 Å². The lowest BCUT2D eigenvalue weighted by molar-refractivity contribution is -0.147. The van der Waals surface area contributed by atoms with Gasteiger partial charge < -0.3 is 24.9 Å². The molecule has 10 heteroatoms. The molecule has 7 nitrogen and oxygen atoms in total. The third-order valence-electron chi connectivity index (χ3n) is 4.58. The number of hydrogen-bond donors (Lipinski definition) is 2. The Bertz CT molecular complexity index is 965. The number of aliphatic hydroxyl groups is 1. The van der Waals surface area contributed by atoms with Crippen molar-refractivity contribution in [2.75, 3.05) is 18.4 Å². The van der Waals surface area contributed by atoms with Crippen LogP contribution in [-0.2, 0) is 19.1 Å². The Morgan fingerprint density at radius 3 is 2.62 bits per heavy atom. The molecule has 0 radical (unpaired) electrons. The number of anilines is 1. The van der Waals surface area contributed by atoms with E-state index in [9.17, 15) is 23.5 Å². The van der Waals surface area contributed by atoms with E-state index >= 15 is 0 Å². The maximum Gasteiger partial charge on any atom is 0.302 e. The van der Waals surface area contributed by atoms with Gasteiger partial charge in [0, 0.05) is 36.6 Å². The Kier molecular flexibility index (Phi) is 12.5. The second-order valence-electron chi connectivity index (χ2n) is 7.25. The van der Waals surface area contributed by atoms with Crippen molar-refractivity contribution in [3.63, 3.8) is 0 Å². The van der Waals surface area contributed by atoms with Gasteiger partial charge in [-0.1, -0.05) is 18.2 Å². The first-order valence-corrected chi connectivity index (χ1v) is 10.6. The van der Waals surface area contributed by atoms with Gasteiger partial charge in [0.25, 0.3) is 0 Å². The number of β-amino-alcohol motifs (C(OH)–C–C–N with tert-alkyl or cyclic N) is 1. The van der Waals surface area contributed by atoms with E-state index in [0.29, 0.717) is 24.8 Å². The minimum atomic E-state index is -0.680. The fourth-order valence-corrected chi connectivity index (χ4v) is 3.32. The number of nitrogens with one attached hydrogen (secondary N) is 1. The molecule has 1 aromatic carbocycles. The summed E-state index contributed by atoms with van der Waals surface area (Å²) in [6, 6.07) is 3.98. The van der Waals surface area contributed by atoms with Crippen molar-refractivity contribution in [1.82, 2.24) is 4.90 Å². The molecule has 1 aromatic rings. The van der Waals surface area contributed by atoms with Crippen LogP contribution in [0.25, 0.3) is 0 Å². The van der Waals surface area contributed by atoms with Gasteiger partial charge >= 0.3 is 5.97 Å². The molecule has 0 spiro atoms. The van der Waals surface area contributed by atoms with Gasteiger partial charge in [-0.3, -0.25) is 9.59 Å². The largest absolute Gasteiger partial charge is 0.461 e. The molecule has 1 fully saturated rings. The van der Waals surface area contributed by atoms with Gasteiger partial charge in [0.1, 0.15) is 30.8 Å². The average molecular weight is 497 g/mol. The fourth-order valence-electron chi connectivity index (χ4n) is 3.14. The van der Waals surface area contributed by atoms with E-state index in [4.69, 9.17) is 21.1 Å². The summed E-state index contributed by atoms with van der Waals surface area (Å²) in [5.41, 5.74) is 0.999. The van der Waals surface area contributed by atoms with E-state index in [1.54, 1.807) is 4.90 Å². The van der Waals surface area contributed by atoms with E-state index in [0.717, 1.165) is 6.08 Å². The van der Waals surface area contributed by atoms with Crippen LogP contribution in [-0.4, -0.2) is 54.3 Å². The number of carbonyl (C=O) groups is 3. The van der Waals surface area contributed by atoms with E-state index in [2.05, 4.69) is 11.9 Å². The normalized spacial score (nSPS) is 19.0. The van der Waals surface area contributed by atoms with Crippen LogP contribution in [0.15, 0.2) is 66.3 Å². The van der Waals surface area contributed by atoms with Crippen molar-refractivity contribution in [3.05, 3.63) is 77.1 Å². The van der Waals surface area contributed by atoms with Crippen molar-refractivity contribution in [1.29, 1.82) is 0 Å². The molecule has 2 atom stereocenters. The molecule has 184 valence electrons. The summed E-state index contributed by atoms with van der Waals surface area (Å²) < 4.78 is 33.1. The van der Waals surface area contributed by atoms with Crippen molar-refractivity contribution in [2.45, 2.75) is 32.0 Å². The number of allylic oxidation sites excluding steroid dienone is 4. The number of benzene rings is 1. The third kappa shape index (κ3) is 10.1. The lowest BCUT2D eigenvalue weighted by Crippen LogP contribution is -2.31. The highest BCUT2D eigenvalue weighted by molar-refractivity contribution is 6.31. The summed E-state index contributed by atoms with van der Waals surface area (Å²) in [5, 5.41) is 12.8. The molecule has 1 heterocycles. The van der Waals surface area contributed by atoms with Crippen molar-refractivity contribution in [2.24, 2.45) is 0 Å². The Morgan fingerprint density at radius 1 is 1.29 bits per heavy atom. The number of aldehydes is 1. The van der Waals surface area contributed by atoms with Gasteiger partial charge in [-0.15, -0.1) is 0 Å². The van der Waals surface area contributed by atoms with Crippen LogP contribution in [0.5, 0.6) is 0 Å². The zero-order chi connectivity index (χ0) is 25.7. The maximum absolute atomic E-state index is 14.5. The molecule has 2 N–H and O–H groups in total.